The number of halogens is 3. The maximum absolute atomic E-state index is 12.7. The van der Waals surface area contributed by atoms with Crippen molar-refractivity contribution in [3.8, 4) is 0 Å². The Hall–Kier alpha value is -1.03. The molecule has 0 amide bonds. The van der Waals surface area contributed by atoms with Gasteiger partial charge in [0.25, 0.3) is 0 Å². The lowest BCUT2D eigenvalue weighted by Gasteiger charge is -2.25. The molecule has 1 rings (SSSR count). The van der Waals surface area contributed by atoms with Crippen molar-refractivity contribution in [1.82, 2.24) is 0 Å². The number of alkyl halides is 3. The van der Waals surface area contributed by atoms with Crippen LogP contribution in [0.5, 0.6) is 0 Å². The summed E-state index contributed by atoms with van der Waals surface area (Å²) in [6.45, 7) is 8.55. The average Bonchev–Trinajstić information content (AvgIpc) is 2.25. The van der Waals surface area contributed by atoms with Gasteiger partial charge in [-0.3, -0.25) is 0 Å². The predicted octanol–water partition coefficient (Wildman–Crippen LogP) is 5.17. The summed E-state index contributed by atoms with van der Waals surface area (Å²) >= 11 is 0. The van der Waals surface area contributed by atoms with E-state index in [1.807, 2.05) is 0 Å². The first-order chi connectivity index (χ1) is 8.99. The zero-order valence-electron chi connectivity index (χ0n) is 12.6. The van der Waals surface area contributed by atoms with Gasteiger partial charge in [-0.15, -0.1) is 0 Å². The fourth-order valence-electron chi connectivity index (χ4n) is 2.64. The molecule has 114 valence electrons. The SMILES string of the molecule is CC(CC(N)c1cccc(C(F)(F)F)c1)CC(C)(C)C. The fraction of sp³-hybridized carbons (Fsp3) is 0.625. The van der Waals surface area contributed by atoms with Gasteiger partial charge in [0.05, 0.1) is 5.56 Å². The normalized spacial score (nSPS) is 16.0. The van der Waals surface area contributed by atoms with E-state index in [2.05, 4.69) is 27.7 Å². The molecule has 0 saturated heterocycles. The minimum atomic E-state index is -4.31. The van der Waals surface area contributed by atoms with Crippen LogP contribution in [0.15, 0.2) is 24.3 Å². The van der Waals surface area contributed by atoms with Crippen LogP contribution in [0.25, 0.3) is 0 Å². The lowest BCUT2D eigenvalue weighted by molar-refractivity contribution is -0.137. The summed E-state index contributed by atoms with van der Waals surface area (Å²) in [7, 11) is 0. The predicted molar refractivity (Wildman–Crippen MR) is 76.2 cm³/mol. The molecular weight excluding hydrogens is 263 g/mol. The van der Waals surface area contributed by atoms with Crippen LogP contribution in [-0.2, 0) is 6.18 Å². The van der Waals surface area contributed by atoms with E-state index in [9.17, 15) is 13.2 Å². The van der Waals surface area contributed by atoms with Gasteiger partial charge in [-0.1, -0.05) is 39.8 Å². The summed E-state index contributed by atoms with van der Waals surface area (Å²) in [5.74, 6) is 0.375. The molecule has 0 aliphatic carbocycles. The Morgan fingerprint density at radius 1 is 1.15 bits per heavy atom. The van der Waals surface area contributed by atoms with E-state index < -0.39 is 11.7 Å². The number of rotatable bonds is 4. The summed E-state index contributed by atoms with van der Waals surface area (Å²) in [4.78, 5) is 0. The molecule has 0 fully saturated rings. The second-order valence-corrected chi connectivity index (χ2v) is 6.84. The zero-order valence-corrected chi connectivity index (χ0v) is 12.6. The highest BCUT2D eigenvalue weighted by Crippen LogP contribution is 2.33. The molecule has 0 aliphatic rings. The van der Waals surface area contributed by atoms with Crippen LogP contribution in [0.4, 0.5) is 13.2 Å². The number of benzene rings is 1. The molecule has 0 aliphatic heterocycles. The first-order valence-corrected chi connectivity index (χ1v) is 6.92. The van der Waals surface area contributed by atoms with E-state index in [1.54, 1.807) is 6.07 Å². The first kappa shape index (κ1) is 17.0. The molecule has 0 radical (unpaired) electrons. The van der Waals surface area contributed by atoms with E-state index in [0.717, 1.165) is 18.6 Å². The van der Waals surface area contributed by atoms with Gasteiger partial charge in [0.15, 0.2) is 0 Å². The smallest absolute Gasteiger partial charge is 0.324 e. The van der Waals surface area contributed by atoms with Crippen molar-refractivity contribution in [3.05, 3.63) is 35.4 Å². The van der Waals surface area contributed by atoms with E-state index >= 15 is 0 Å². The molecule has 0 bridgehead atoms. The lowest BCUT2D eigenvalue weighted by Crippen LogP contribution is -2.18. The molecule has 0 heterocycles. The molecule has 2 unspecified atom stereocenters. The van der Waals surface area contributed by atoms with E-state index in [-0.39, 0.29) is 11.5 Å². The van der Waals surface area contributed by atoms with Crippen molar-refractivity contribution in [2.24, 2.45) is 17.1 Å². The molecule has 2 N–H and O–H groups in total. The van der Waals surface area contributed by atoms with Crippen LogP contribution in [-0.4, -0.2) is 0 Å². The minimum absolute atomic E-state index is 0.201. The second-order valence-electron chi connectivity index (χ2n) is 6.84. The maximum atomic E-state index is 12.7. The maximum Gasteiger partial charge on any atom is 0.416 e. The molecule has 4 heteroatoms. The van der Waals surface area contributed by atoms with Crippen LogP contribution in [0, 0.1) is 11.3 Å². The largest absolute Gasteiger partial charge is 0.416 e. The Kier molecular flexibility index (Phi) is 5.25. The van der Waals surface area contributed by atoms with Crippen molar-refractivity contribution in [2.45, 2.75) is 52.8 Å². The molecular formula is C16H24F3N. The molecule has 0 spiro atoms. The molecule has 20 heavy (non-hydrogen) atoms. The van der Waals surface area contributed by atoms with Crippen LogP contribution in [0.3, 0.4) is 0 Å². The Morgan fingerprint density at radius 2 is 1.75 bits per heavy atom. The van der Waals surface area contributed by atoms with Gasteiger partial charge >= 0.3 is 6.18 Å². The minimum Gasteiger partial charge on any atom is -0.324 e. The van der Waals surface area contributed by atoms with Crippen molar-refractivity contribution in [3.63, 3.8) is 0 Å². The van der Waals surface area contributed by atoms with Gasteiger partial charge in [-0.2, -0.15) is 13.2 Å². The Balaban J connectivity index is 2.75. The fourth-order valence-corrected chi connectivity index (χ4v) is 2.64. The second kappa shape index (κ2) is 6.17. The topological polar surface area (TPSA) is 26.0 Å². The van der Waals surface area contributed by atoms with Crippen molar-refractivity contribution >= 4 is 0 Å². The summed E-state index contributed by atoms with van der Waals surface area (Å²) in [5.41, 5.74) is 6.19. The Bertz CT molecular complexity index is 432. The van der Waals surface area contributed by atoms with Crippen LogP contribution in [0.1, 0.15) is 57.7 Å². The number of hydrogen-bond donors (Lipinski definition) is 1. The van der Waals surface area contributed by atoms with Gasteiger partial charge in [-0.05, 0) is 41.9 Å². The molecule has 0 saturated carbocycles. The van der Waals surface area contributed by atoms with Gasteiger partial charge < -0.3 is 5.73 Å². The quantitative estimate of drug-likeness (QED) is 0.812. The monoisotopic (exact) mass is 287 g/mol. The average molecular weight is 287 g/mol. The molecule has 2 atom stereocenters. The highest BCUT2D eigenvalue weighted by Gasteiger charge is 2.30. The lowest BCUT2D eigenvalue weighted by atomic mass is 9.82. The highest BCUT2D eigenvalue weighted by molar-refractivity contribution is 5.27. The summed E-state index contributed by atoms with van der Waals surface area (Å²) in [5, 5.41) is 0. The number of nitrogens with two attached hydrogens (primary N) is 1. The summed E-state index contributed by atoms with van der Waals surface area (Å²) in [6, 6.07) is 4.98. The third-order valence-electron chi connectivity index (χ3n) is 3.26. The van der Waals surface area contributed by atoms with Gasteiger partial charge in [-0.25, -0.2) is 0 Å². The zero-order chi connectivity index (χ0) is 15.6. The van der Waals surface area contributed by atoms with Crippen LogP contribution >= 0.6 is 0 Å². The highest BCUT2D eigenvalue weighted by atomic mass is 19.4. The first-order valence-electron chi connectivity index (χ1n) is 6.92. The van der Waals surface area contributed by atoms with Crippen LogP contribution < -0.4 is 5.73 Å². The third kappa shape index (κ3) is 5.53. The number of hydrogen-bond acceptors (Lipinski definition) is 1. The van der Waals surface area contributed by atoms with Crippen molar-refractivity contribution < 1.29 is 13.2 Å². The molecule has 0 aromatic heterocycles. The standard InChI is InChI=1S/C16H24F3N/c1-11(10-15(2,3)4)8-14(20)12-6-5-7-13(9-12)16(17,18)19/h5-7,9,11,14H,8,10,20H2,1-4H3. The van der Waals surface area contributed by atoms with E-state index in [4.69, 9.17) is 5.73 Å². The molecule has 1 nitrogen and oxygen atoms in total. The third-order valence-corrected chi connectivity index (χ3v) is 3.26. The van der Waals surface area contributed by atoms with Crippen molar-refractivity contribution in [2.75, 3.05) is 0 Å². The van der Waals surface area contributed by atoms with Crippen molar-refractivity contribution in [1.29, 1.82) is 0 Å². The van der Waals surface area contributed by atoms with Gasteiger partial charge in [0.1, 0.15) is 0 Å². The molecule has 1 aromatic rings. The van der Waals surface area contributed by atoms with Crippen LogP contribution in [0.2, 0.25) is 0 Å². The Labute approximate surface area is 119 Å². The van der Waals surface area contributed by atoms with E-state index in [1.165, 1.54) is 6.07 Å². The summed E-state index contributed by atoms with van der Waals surface area (Å²) < 4.78 is 38.0. The Morgan fingerprint density at radius 3 is 2.25 bits per heavy atom. The van der Waals surface area contributed by atoms with Gasteiger partial charge in [0, 0.05) is 6.04 Å². The van der Waals surface area contributed by atoms with Gasteiger partial charge in [0.2, 0.25) is 0 Å². The molecule has 1 aromatic carbocycles. The van der Waals surface area contributed by atoms with E-state index in [0.29, 0.717) is 17.9 Å². The summed E-state index contributed by atoms with van der Waals surface area (Å²) in [6.07, 6.45) is -2.62.